The number of nitrogen functional groups attached to an aromatic ring is 1. The molecule has 6 heteroatoms. The van der Waals surface area contributed by atoms with Crippen molar-refractivity contribution in [1.82, 2.24) is 4.98 Å². The summed E-state index contributed by atoms with van der Waals surface area (Å²) in [5.41, 5.74) is 6.18. The van der Waals surface area contributed by atoms with Gasteiger partial charge >= 0.3 is 0 Å². The van der Waals surface area contributed by atoms with Crippen LogP contribution in [0.2, 0.25) is 10.0 Å². The minimum atomic E-state index is 0.412. The first-order valence-electron chi connectivity index (χ1n) is 4.60. The molecule has 0 unspecified atom stereocenters. The molecule has 0 amide bonds. The lowest BCUT2D eigenvalue weighted by atomic mass is 10.3. The first kappa shape index (κ1) is 12.5. The molecule has 1 aromatic heterocycles. The van der Waals surface area contributed by atoms with E-state index in [0.717, 1.165) is 0 Å². The van der Waals surface area contributed by atoms with Gasteiger partial charge in [0.25, 0.3) is 0 Å². The molecule has 2 N–H and O–H groups in total. The van der Waals surface area contributed by atoms with Crippen LogP contribution in [0.1, 0.15) is 0 Å². The Kier molecular flexibility index (Phi) is 3.76. The van der Waals surface area contributed by atoms with Crippen LogP contribution in [0.5, 0.6) is 11.5 Å². The van der Waals surface area contributed by atoms with Crippen molar-refractivity contribution in [3.8, 4) is 11.5 Å². The number of anilines is 1. The second kappa shape index (κ2) is 5.12. The summed E-state index contributed by atoms with van der Waals surface area (Å²) in [4.78, 5) is 3.92. The third-order valence-corrected chi connectivity index (χ3v) is 3.10. The Morgan fingerprint density at radius 1 is 1.24 bits per heavy atom. The highest BCUT2D eigenvalue weighted by Gasteiger charge is 2.10. The summed E-state index contributed by atoms with van der Waals surface area (Å²) in [6, 6.07) is 4.96. The second-order valence-electron chi connectivity index (χ2n) is 3.22. The first-order valence-corrected chi connectivity index (χ1v) is 6.14. The summed E-state index contributed by atoms with van der Waals surface area (Å²) in [6.45, 7) is 0. The van der Waals surface area contributed by atoms with Crippen molar-refractivity contribution in [2.75, 3.05) is 5.73 Å². The maximum Gasteiger partial charge on any atom is 0.167 e. The number of hydrogen-bond donors (Lipinski definition) is 1. The molecule has 0 bridgehead atoms. The number of benzene rings is 1. The molecule has 17 heavy (non-hydrogen) atoms. The van der Waals surface area contributed by atoms with Crippen molar-refractivity contribution in [2.24, 2.45) is 0 Å². The van der Waals surface area contributed by atoms with Gasteiger partial charge in [0, 0.05) is 17.3 Å². The molecule has 0 aliphatic carbocycles. The second-order valence-corrected chi connectivity index (χ2v) is 4.91. The standard InChI is InChI=1S/C11H7BrCl2N2O/c12-7-4-16-5-9(15)11(7)17-10-3-6(13)1-2-8(10)14/h1-5H,15H2. The van der Waals surface area contributed by atoms with Crippen LogP contribution in [0.15, 0.2) is 35.1 Å². The highest BCUT2D eigenvalue weighted by molar-refractivity contribution is 9.10. The van der Waals surface area contributed by atoms with E-state index in [2.05, 4.69) is 20.9 Å². The molecule has 88 valence electrons. The van der Waals surface area contributed by atoms with E-state index in [0.29, 0.717) is 31.7 Å². The Morgan fingerprint density at radius 3 is 2.71 bits per heavy atom. The minimum Gasteiger partial charge on any atom is -0.452 e. The van der Waals surface area contributed by atoms with Crippen molar-refractivity contribution < 1.29 is 4.74 Å². The van der Waals surface area contributed by atoms with Gasteiger partial charge < -0.3 is 10.5 Å². The van der Waals surface area contributed by atoms with Crippen LogP contribution in [0.4, 0.5) is 5.69 Å². The van der Waals surface area contributed by atoms with E-state index in [1.165, 1.54) is 6.20 Å². The van der Waals surface area contributed by atoms with Crippen LogP contribution < -0.4 is 10.5 Å². The molecule has 0 fully saturated rings. The predicted molar refractivity (Wildman–Crippen MR) is 72.9 cm³/mol. The normalized spacial score (nSPS) is 10.3. The van der Waals surface area contributed by atoms with E-state index in [1.807, 2.05) is 0 Å². The maximum atomic E-state index is 6.00. The van der Waals surface area contributed by atoms with Crippen molar-refractivity contribution >= 4 is 44.8 Å². The van der Waals surface area contributed by atoms with Gasteiger partial charge in [0.1, 0.15) is 5.75 Å². The predicted octanol–water partition coefficient (Wildman–Crippen LogP) is 4.53. The molecule has 1 aromatic carbocycles. The third-order valence-electron chi connectivity index (χ3n) is 1.99. The Morgan fingerprint density at radius 2 is 2.00 bits per heavy atom. The molecule has 1 heterocycles. The van der Waals surface area contributed by atoms with Gasteiger partial charge in [-0.2, -0.15) is 0 Å². The third kappa shape index (κ3) is 2.83. The van der Waals surface area contributed by atoms with Gasteiger partial charge in [0.05, 0.1) is 21.4 Å². The average molecular weight is 334 g/mol. The number of nitrogens with zero attached hydrogens (tertiary/aromatic N) is 1. The Balaban J connectivity index is 2.41. The summed E-state index contributed by atoms with van der Waals surface area (Å²) in [5.74, 6) is 0.905. The van der Waals surface area contributed by atoms with Gasteiger partial charge in [-0.25, -0.2) is 0 Å². The van der Waals surface area contributed by atoms with Crippen molar-refractivity contribution in [2.45, 2.75) is 0 Å². The topological polar surface area (TPSA) is 48.1 Å². The molecular weight excluding hydrogens is 327 g/mol. The molecule has 0 aliphatic heterocycles. The van der Waals surface area contributed by atoms with Crippen LogP contribution in [0.25, 0.3) is 0 Å². The maximum absolute atomic E-state index is 6.00. The molecule has 0 saturated carbocycles. The molecule has 0 aliphatic rings. The van der Waals surface area contributed by atoms with E-state index in [9.17, 15) is 0 Å². The zero-order valence-corrected chi connectivity index (χ0v) is 11.6. The van der Waals surface area contributed by atoms with Crippen molar-refractivity contribution in [3.05, 3.63) is 45.1 Å². The van der Waals surface area contributed by atoms with Crippen molar-refractivity contribution in [1.29, 1.82) is 0 Å². The summed E-state index contributed by atoms with van der Waals surface area (Å²) >= 11 is 15.2. The zero-order valence-electron chi connectivity index (χ0n) is 8.45. The van der Waals surface area contributed by atoms with E-state index in [1.54, 1.807) is 24.4 Å². The number of aromatic nitrogens is 1. The van der Waals surface area contributed by atoms with Gasteiger partial charge in [-0.15, -0.1) is 0 Å². The molecule has 0 radical (unpaired) electrons. The molecule has 0 spiro atoms. The van der Waals surface area contributed by atoms with E-state index in [-0.39, 0.29) is 0 Å². The fraction of sp³-hybridized carbons (Fsp3) is 0. The molecule has 2 rings (SSSR count). The zero-order chi connectivity index (χ0) is 12.4. The van der Waals surface area contributed by atoms with Crippen LogP contribution in [0, 0.1) is 0 Å². The summed E-state index contributed by atoms with van der Waals surface area (Å²) < 4.78 is 6.27. The van der Waals surface area contributed by atoms with Gasteiger partial charge in [0.15, 0.2) is 5.75 Å². The Bertz CT molecular complexity index is 543. The lowest BCUT2D eigenvalue weighted by Gasteiger charge is -2.11. The fourth-order valence-electron chi connectivity index (χ4n) is 1.21. The van der Waals surface area contributed by atoms with Crippen molar-refractivity contribution in [3.63, 3.8) is 0 Å². The number of ether oxygens (including phenoxy) is 1. The van der Waals surface area contributed by atoms with Gasteiger partial charge in [-0.05, 0) is 28.1 Å². The van der Waals surface area contributed by atoms with Crippen LogP contribution in [0.3, 0.4) is 0 Å². The van der Waals surface area contributed by atoms with Crippen LogP contribution in [-0.4, -0.2) is 4.98 Å². The van der Waals surface area contributed by atoms with E-state index >= 15 is 0 Å². The van der Waals surface area contributed by atoms with Crippen LogP contribution >= 0.6 is 39.1 Å². The summed E-state index contributed by atoms with van der Waals surface area (Å²) in [6.07, 6.45) is 3.09. The number of halogens is 3. The molecule has 0 atom stereocenters. The quantitative estimate of drug-likeness (QED) is 0.878. The van der Waals surface area contributed by atoms with E-state index in [4.69, 9.17) is 33.7 Å². The lowest BCUT2D eigenvalue weighted by Crippen LogP contribution is -1.94. The number of pyridine rings is 1. The van der Waals surface area contributed by atoms with Gasteiger partial charge in [0.2, 0.25) is 0 Å². The first-order chi connectivity index (χ1) is 8.08. The minimum absolute atomic E-state index is 0.412. The molecular formula is C11H7BrCl2N2O. The summed E-state index contributed by atoms with van der Waals surface area (Å²) in [5, 5.41) is 0.991. The van der Waals surface area contributed by atoms with E-state index < -0.39 is 0 Å². The fourth-order valence-corrected chi connectivity index (χ4v) is 1.96. The number of hydrogen-bond acceptors (Lipinski definition) is 3. The molecule has 0 saturated heterocycles. The number of nitrogens with two attached hydrogens (primary N) is 1. The highest BCUT2D eigenvalue weighted by Crippen LogP contribution is 2.37. The largest absolute Gasteiger partial charge is 0.452 e. The van der Waals surface area contributed by atoms with Crippen LogP contribution in [-0.2, 0) is 0 Å². The Hall–Kier alpha value is -0.970. The van der Waals surface area contributed by atoms with Gasteiger partial charge in [-0.3, -0.25) is 4.98 Å². The smallest absolute Gasteiger partial charge is 0.167 e. The van der Waals surface area contributed by atoms with Gasteiger partial charge in [-0.1, -0.05) is 23.2 Å². The molecule has 3 nitrogen and oxygen atoms in total. The average Bonchev–Trinajstić information content (AvgIpc) is 2.28. The lowest BCUT2D eigenvalue weighted by molar-refractivity contribution is 0.481. The SMILES string of the molecule is Nc1cncc(Br)c1Oc1cc(Cl)ccc1Cl. The number of rotatable bonds is 2. The highest BCUT2D eigenvalue weighted by atomic mass is 79.9. The monoisotopic (exact) mass is 332 g/mol. The molecule has 2 aromatic rings. The Labute approximate surface area is 117 Å². The summed E-state index contributed by atoms with van der Waals surface area (Å²) in [7, 11) is 0.